The molecule has 1 fully saturated rings. The lowest BCUT2D eigenvalue weighted by Crippen LogP contribution is -2.44. The summed E-state index contributed by atoms with van der Waals surface area (Å²) in [7, 11) is 0. The van der Waals surface area contributed by atoms with Crippen molar-refractivity contribution in [3.05, 3.63) is 62.2 Å². The van der Waals surface area contributed by atoms with Crippen LogP contribution in [0, 0.1) is 32.5 Å². The Hall–Kier alpha value is -2.41. The van der Waals surface area contributed by atoms with Crippen molar-refractivity contribution < 1.29 is 23.0 Å². The first-order valence-electron chi connectivity index (χ1n) is 10.8. The summed E-state index contributed by atoms with van der Waals surface area (Å²) >= 11 is 2.02. The molecular weight excluding hydrogens is 541 g/mol. The third-order valence-corrected chi connectivity index (χ3v) is 5.97. The molecule has 1 amide bonds. The van der Waals surface area contributed by atoms with Gasteiger partial charge in [0.1, 0.15) is 29.1 Å². The van der Waals surface area contributed by atoms with Gasteiger partial charge in [-0.3, -0.25) is 0 Å². The van der Waals surface area contributed by atoms with Crippen molar-refractivity contribution in [2.75, 3.05) is 19.7 Å². The summed E-state index contributed by atoms with van der Waals surface area (Å²) in [6, 6.07) is 9.31. The van der Waals surface area contributed by atoms with Crippen molar-refractivity contribution in [2.24, 2.45) is 5.92 Å². The number of amides is 1. The average Bonchev–Trinajstić information content (AvgIpc) is 2.73. The molecule has 176 valence electrons. The van der Waals surface area contributed by atoms with Crippen molar-refractivity contribution in [1.82, 2.24) is 4.90 Å². The van der Waals surface area contributed by atoms with E-state index in [4.69, 9.17) is 9.47 Å². The summed E-state index contributed by atoms with van der Waals surface area (Å²) in [6.45, 7) is 6.77. The molecule has 0 aromatic heterocycles. The van der Waals surface area contributed by atoms with Gasteiger partial charge in [0.05, 0.1) is 12.2 Å². The Balaban J connectivity index is 1.72. The van der Waals surface area contributed by atoms with Crippen molar-refractivity contribution in [1.29, 1.82) is 5.26 Å². The summed E-state index contributed by atoms with van der Waals surface area (Å²) in [6.07, 6.45) is 1.36. The van der Waals surface area contributed by atoms with Gasteiger partial charge in [-0.1, -0.05) is 6.07 Å². The van der Waals surface area contributed by atoms with E-state index in [0.717, 1.165) is 16.4 Å². The zero-order valence-electron chi connectivity index (χ0n) is 19.0. The average molecular weight is 568 g/mol. The molecule has 0 saturated carbocycles. The minimum atomic E-state index is -0.573. The number of ether oxygens (including phenoxy) is 2. The lowest BCUT2D eigenvalue weighted by Gasteiger charge is -2.34. The molecule has 1 aliphatic heterocycles. The van der Waals surface area contributed by atoms with Gasteiger partial charge in [-0.15, -0.1) is 0 Å². The van der Waals surface area contributed by atoms with Crippen LogP contribution in [0.1, 0.15) is 50.3 Å². The smallest absolute Gasteiger partial charge is 0.410 e. The molecule has 2 aromatic rings. The molecular formula is C25H27F2IN2O3. The lowest BCUT2D eigenvalue weighted by atomic mass is 9.98. The van der Waals surface area contributed by atoms with Gasteiger partial charge in [-0.25, -0.2) is 13.6 Å². The highest BCUT2D eigenvalue weighted by molar-refractivity contribution is 14.1. The van der Waals surface area contributed by atoms with Gasteiger partial charge in [-0.2, -0.15) is 5.26 Å². The molecule has 1 aliphatic rings. The Morgan fingerprint density at radius 1 is 1.24 bits per heavy atom. The van der Waals surface area contributed by atoms with E-state index < -0.39 is 17.2 Å². The maximum Gasteiger partial charge on any atom is 0.410 e. The molecule has 0 bridgehead atoms. The highest BCUT2D eigenvalue weighted by atomic mass is 127. The molecule has 0 spiro atoms. The van der Waals surface area contributed by atoms with Gasteiger partial charge in [0.15, 0.2) is 0 Å². The van der Waals surface area contributed by atoms with E-state index in [2.05, 4.69) is 6.07 Å². The molecule has 0 aliphatic carbocycles. The first-order valence-corrected chi connectivity index (χ1v) is 11.9. The molecule has 1 atom stereocenters. The second-order valence-electron chi connectivity index (χ2n) is 9.21. The van der Waals surface area contributed by atoms with Crippen LogP contribution < -0.4 is 4.74 Å². The van der Waals surface area contributed by atoms with Crippen LogP contribution in [0.3, 0.4) is 0 Å². The number of nitrogens with zero attached hydrogens (tertiary/aromatic N) is 2. The van der Waals surface area contributed by atoms with Crippen molar-refractivity contribution >= 4 is 28.7 Å². The number of carbonyl (C=O) groups excluding carboxylic acids is 1. The van der Waals surface area contributed by atoms with Gasteiger partial charge in [0, 0.05) is 35.1 Å². The number of rotatable bonds is 5. The summed E-state index contributed by atoms with van der Waals surface area (Å²) < 4.78 is 40.7. The van der Waals surface area contributed by atoms with Crippen LogP contribution in [-0.4, -0.2) is 36.3 Å². The van der Waals surface area contributed by atoms with E-state index in [1.165, 1.54) is 18.2 Å². The number of hydrogen-bond acceptors (Lipinski definition) is 4. The highest BCUT2D eigenvalue weighted by Gasteiger charge is 2.28. The van der Waals surface area contributed by atoms with Crippen LogP contribution in [-0.2, 0) is 11.2 Å². The maximum absolute atomic E-state index is 14.3. The first kappa shape index (κ1) is 25.2. The van der Waals surface area contributed by atoms with E-state index >= 15 is 0 Å². The molecule has 8 heteroatoms. The third kappa shape index (κ3) is 7.03. The fraction of sp³-hybridized carbons (Fsp3) is 0.440. The Bertz CT molecular complexity index is 1060. The normalized spacial score (nSPS) is 16.3. The zero-order chi connectivity index (χ0) is 24.2. The first-order chi connectivity index (χ1) is 15.6. The number of nitriles is 1. The standard InChI is InChI=1S/C25H27F2IN2O3/c1-25(2,3)33-24(31)30-8-4-5-16(14-30)15-32-23-11-19(26)10-18(21(23)13-29)9-17-6-7-20(28)12-22(17)27/h6-7,10-12,16H,4-5,8-9,14-15H2,1-3H3. The second-order valence-corrected chi connectivity index (χ2v) is 10.5. The Labute approximate surface area is 206 Å². The summed E-state index contributed by atoms with van der Waals surface area (Å²) in [5, 5.41) is 9.72. The van der Waals surface area contributed by atoms with E-state index in [1.54, 1.807) is 17.0 Å². The van der Waals surface area contributed by atoms with Crippen LogP contribution in [0.25, 0.3) is 0 Å². The third-order valence-electron chi connectivity index (χ3n) is 5.30. The molecule has 0 N–H and O–H groups in total. The Morgan fingerprint density at radius 3 is 2.67 bits per heavy atom. The monoisotopic (exact) mass is 568 g/mol. The maximum atomic E-state index is 14.3. The van der Waals surface area contributed by atoms with Crippen LogP contribution in [0.4, 0.5) is 13.6 Å². The summed E-state index contributed by atoms with van der Waals surface area (Å²) in [4.78, 5) is 14.0. The molecule has 5 nitrogen and oxygen atoms in total. The largest absolute Gasteiger partial charge is 0.492 e. The van der Waals surface area contributed by atoms with E-state index in [0.29, 0.717) is 24.2 Å². The van der Waals surface area contributed by atoms with Gasteiger partial charge >= 0.3 is 6.09 Å². The van der Waals surface area contributed by atoms with Crippen LogP contribution in [0.5, 0.6) is 5.75 Å². The molecule has 1 unspecified atom stereocenters. The minimum absolute atomic E-state index is 0.0261. The number of carbonyl (C=O) groups is 1. The van der Waals surface area contributed by atoms with E-state index in [9.17, 15) is 18.8 Å². The van der Waals surface area contributed by atoms with E-state index in [1.807, 2.05) is 43.4 Å². The fourth-order valence-corrected chi connectivity index (χ4v) is 4.24. The Kier molecular flexibility index (Phi) is 8.16. The van der Waals surface area contributed by atoms with Gasteiger partial charge in [0.25, 0.3) is 0 Å². The number of halogens is 3. The fourth-order valence-electron chi connectivity index (χ4n) is 3.79. The number of benzene rings is 2. The molecule has 1 saturated heterocycles. The number of piperidine rings is 1. The van der Waals surface area contributed by atoms with Crippen molar-refractivity contribution in [3.8, 4) is 11.8 Å². The lowest BCUT2D eigenvalue weighted by molar-refractivity contribution is 0.0139. The number of hydrogen-bond donors (Lipinski definition) is 0. The molecule has 2 aromatic carbocycles. The predicted molar refractivity (Wildman–Crippen MR) is 129 cm³/mol. The summed E-state index contributed by atoms with van der Waals surface area (Å²) in [5.41, 5.74) is 0.362. The Morgan fingerprint density at radius 2 is 2.00 bits per heavy atom. The molecule has 0 radical (unpaired) electrons. The highest BCUT2D eigenvalue weighted by Crippen LogP contribution is 2.28. The van der Waals surface area contributed by atoms with Crippen LogP contribution in [0.2, 0.25) is 0 Å². The SMILES string of the molecule is CC(C)(C)OC(=O)N1CCCC(COc2cc(F)cc(Cc3ccc(I)cc3F)c2C#N)C1. The minimum Gasteiger partial charge on any atom is -0.492 e. The van der Waals surface area contributed by atoms with Crippen molar-refractivity contribution in [2.45, 2.75) is 45.6 Å². The zero-order valence-corrected chi connectivity index (χ0v) is 21.1. The molecule has 33 heavy (non-hydrogen) atoms. The van der Waals surface area contributed by atoms with Gasteiger partial charge in [-0.05, 0) is 85.5 Å². The quantitative estimate of drug-likeness (QED) is 0.412. The van der Waals surface area contributed by atoms with Gasteiger partial charge in [0.2, 0.25) is 0 Å². The molecule has 3 rings (SSSR count). The van der Waals surface area contributed by atoms with Crippen LogP contribution >= 0.6 is 22.6 Å². The molecule has 1 heterocycles. The van der Waals surface area contributed by atoms with E-state index in [-0.39, 0.29) is 36.4 Å². The van der Waals surface area contributed by atoms with Crippen molar-refractivity contribution in [3.63, 3.8) is 0 Å². The predicted octanol–water partition coefficient (Wildman–Crippen LogP) is 6.06. The second kappa shape index (κ2) is 10.7. The van der Waals surface area contributed by atoms with Crippen LogP contribution in [0.15, 0.2) is 30.3 Å². The number of likely N-dealkylation sites (tertiary alicyclic amines) is 1. The van der Waals surface area contributed by atoms with Gasteiger partial charge < -0.3 is 14.4 Å². The summed E-state index contributed by atoms with van der Waals surface area (Å²) in [5.74, 6) is -0.795. The topological polar surface area (TPSA) is 62.6 Å².